The first kappa shape index (κ1) is 21.0. The van der Waals surface area contributed by atoms with Crippen molar-refractivity contribution in [1.82, 2.24) is 9.88 Å². The SMILES string of the molecule is Cc1ccc(S(=O)(=O)OC[C@@H]2CCCN2C(=O)c2ccnc3ccc(Br)cc23)cc1. The highest BCUT2D eigenvalue weighted by Crippen LogP contribution is 2.27. The molecular formula is C22H21BrN2O4S. The maximum atomic E-state index is 13.3. The van der Waals surface area contributed by atoms with Gasteiger partial charge in [-0.3, -0.25) is 14.0 Å². The minimum absolute atomic E-state index is 0.0609. The standard InChI is InChI=1S/C22H21BrN2O4S/c1-15-4-7-18(8-5-15)30(27,28)29-14-17-3-2-12-25(17)22(26)19-10-11-24-21-9-6-16(23)13-20(19)21/h4-11,13,17H,2-3,12,14H2,1H3/t17-/m0/s1. The molecule has 0 saturated carbocycles. The van der Waals surface area contributed by atoms with E-state index in [1.807, 2.05) is 25.1 Å². The first-order valence-electron chi connectivity index (χ1n) is 9.66. The van der Waals surface area contributed by atoms with E-state index in [0.717, 1.165) is 27.4 Å². The zero-order chi connectivity index (χ0) is 21.3. The molecular weight excluding hydrogens is 468 g/mol. The Morgan fingerprint density at radius 2 is 1.97 bits per heavy atom. The average molecular weight is 489 g/mol. The van der Waals surface area contributed by atoms with Crippen LogP contribution in [0.15, 0.2) is 64.1 Å². The number of benzene rings is 2. The van der Waals surface area contributed by atoms with Crippen LogP contribution in [0, 0.1) is 6.92 Å². The third kappa shape index (κ3) is 4.26. The number of pyridine rings is 1. The predicted octanol–water partition coefficient (Wildman–Crippen LogP) is 4.32. The van der Waals surface area contributed by atoms with Crippen LogP contribution in [0.1, 0.15) is 28.8 Å². The van der Waals surface area contributed by atoms with Crippen LogP contribution in [0.25, 0.3) is 10.9 Å². The number of carbonyl (C=O) groups excluding carboxylic acids is 1. The molecule has 0 radical (unpaired) electrons. The molecule has 1 aromatic heterocycles. The van der Waals surface area contributed by atoms with Crippen LogP contribution in [0.4, 0.5) is 0 Å². The molecule has 0 unspecified atom stereocenters. The Hall–Kier alpha value is -2.29. The molecule has 1 fully saturated rings. The van der Waals surface area contributed by atoms with Crippen molar-refractivity contribution in [3.63, 3.8) is 0 Å². The lowest BCUT2D eigenvalue weighted by atomic mass is 10.1. The van der Waals surface area contributed by atoms with Gasteiger partial charge in [-0.25, -0.2) is 0 Å². The summed E-state index contributed by atoms with van der Waals surface area (Å²) in [5, 5.41) is 0.760. The van der Waals surface area contributed by atoms with Gasteiger partial charge in [-0.1, -0.05) is 33.6 Å². The largest absolute Gasteiger partial charge is 0.333 e. The zero-order valence-corrected chi connectivity index (χ0v) is 18.8. The van der Waals surface area contributed by atoms with Gasteiger partial charge in [0.05, 0.1) is 28.6 Å². The summed E-state index contributed by atoms with van der Waals surface area (Å²) in [6.45, 7) is 2.39. The molecule has 0 bridgehead atoms. The van der Waals surface area contributed by atoms with Gasteiger partial charge < -0.3 is 4.90 Å². The fourth-order valence-corrected chi connectivity index (χ4v) is 4.98. The molecule has 156 valence electrons. The van der Waals surface area contributed by atoms with Crippen LogP contribution < -0.4 is 0 Å². The molecule has 2 heterocycles. The number of nitrogens with zero attached hydrogens (tertiary/aromatic N) is 2. The van der Waals surface area contributed by atoms with Gasteiger partial charge in [-0.05, 0) is 56.2 Å². The monoisotopic (exact) mass is 488 g/mol. The Morgan fingerprint density at radius 3 is 2.73 bits per heavy atom. The Kier molecular flexibility index (Phi) is 5.90. The van der Waals surface area contributed by atoms with Crippen molar-refractivity contribution >= 4 is 42.9 Å². The van der Waals surface area contributed by atoms with E-state index in [9.17, 15) is 13.2 Å². The molecule has 1 saturated heterocycles. The number of hydrogen-bond donors (Lipinski definition) is 0. The Labute approximate surface area is 184 Å². The Morgan fingerprint density at radius 1 is 1.20 bits per heavy atom. The number of fused-ring (bicyclic) bond motifs is 1. The summed E-state index contributed by atoms with van der Waals surface area (Å²) in [6, 6.07) is 13.5. The van der Waals surface area contributed by atoms with Crippen LogP contribution in [-0.4, -0.2) is 43.4 Å². The topological polar surface area (TPSA) is 76.6 Å². The molecule has 1 aliphatic heterocycles. The highest BCUT2D eigenvalue weighted by molar-refractivity contribution is 9.10. The summed E-state index contributed by atoms with van der Waals surface area (Å²) in [5.74, 6) is -0.140. The molecule has 0 N–H and O–H groups in total. The number of carbonyl (C=O) groups is 1. The van der Waals surface area contributed by atoms with Crippen molar-refractivity contribution < 1.29 is 17.4 Å². The first-order chi connectivity index (χ1) is 14.3. The fourth-order valence-electron chi connectivity index (χ4n) is 3.68. The molecule has 1 aliphatic rings. The lowest BCUT2D eigenvalue weighted by Crippen LogP contribution is -2.38. The third-order valence-electron chi connectivity index (χ3n) is 5.30. The zero-order valence-electron chi connectivity index (χ0n) is 16.4. The number of rotatable bonds is 5. The molecule has 2 aromatic carbocycles. The molecule has 1 amide bonds. The molecule has 8 heteroatoms. The summed E-state index contributed by atoms with van der Waals surface area (Å²) >= 11 is 3.44. The van der Waals surface area contributed by atoms with Crippen LogP contribution in [0.5, 0.6) is 0 Å². The highest BCUT2D eigenvalue weighted by Gasteiger charge is 2.32. The molecule has 0 aliphatic carbocycles. The van der Waals surface area contributed by atoms with Gasteiger partial charge in [-0.2, -0.15) is 8.42 Å². The summed E-state index contributed by atoms with van der Waals surface area (Å²) in [4.78, 5) is 19.4. The number of hydrogen-bond acceptors (Lipinski definition) is 5. The minimum atomic E-state index is -3.87. The molecule has 1 atom stereocenters. The van der Waals surface area contributed by atoms with Crippen molar-refractivity contribution in [2.45, 2.75) is 30.7 Å². The smallest absolute Gasteiger partial charge is 0.297 e. The second-order valence-corrected chi connectivity index (χ2v) is 9.90. The number of halogens is 1. The number of aromatic nitrogens is 1. The van der Waals surface area contributed by atoms with Gasteiger partial charge in [0, 0.05) is 22.6 Å². The molecule has 0 spiro atoms. The maximum absolute atomic E-state index is 13.3. The second kappa shape index (κ2) is 8.45. The summed E-state index contributed by atoms with van der Waals surface area (Å²) in [5.41, 5.74) is 2.25. The van der Waals surface area contributed by atoms with Crippen LogP contribution in [-0.2, 0) is 14.3 Å². The quantitative estimate of drug-likeness (QED) is 0.499. The van der Waals surface area contributed by atoms with Crippen LogP contribution in [0.3, 0.4) is 0 Å². The van der Waals surface area contributed by atoms with Gasteiger partial charge >= 0.3 is 0 Å². The van der Waals surface area contributed by atoms with Crippen LogP contribution in [0.2, 0.25) is 0 Å². The van der Waals surface area contributed by atoms with E-state index in [1.165, 1.54) is 12.1 Å². The van der Waals surface area contributed by atoms with Crippen molar-refractivity contribution in [1.29, 1.82) is 0 Å². The van der Waals surface area contributed by atoms with Crippen molar-refractivity contribution in [3.05, 3.63) is 70.3 Å². The average Bonchev–Trinajstić information content (AvgIpc) is 3.20. The Balaban J connectivity index is 1.53. The van der Waals surface area contributed by atoms with E-state index in [4.69, 9.17) is 4.18 Å². The van der Waals surface area contributed by atoms with Crippen LogP contribution >= 0.6 is 15.9 Å². The normalized spacial score (nSPS) is 16.9. The van der Waals surface area contributed by atoms with Gasteiger partial charge in [0.2, 0.25) is 0 Å². The lowest BCUT2D eigenvalue weighted by Gasteiger charge is -2.25. The van der Waals surface area contributed by atoms with Crippen molar-refractivity contribution in [3.8, 4) is 0 Å². The Bertz CT molecular complexity index is 1200. The number of amides is 1. The minimum Gasteiger partial charge on any atom is -0.333 e. The van der Waals surface area contributed by atoms with E-state index in [-0.39, 0.29) is 23.5 Å². The molecule has 30 heavy (non-hydrogen) atoms. The summed E-state index contributed by atoms with van der Waals surface area (Å²) < 4.78 is 31.2. The van der Waals surface area contributed by atoms with Gasteiger partial charge in [0.25, 0.3) is 16.0 Å². The maximum Gasteiger partial charge on any atom is 0.297 e. The number of aryl methyl sites for hydroxylation is 1. The van der Waals surface area contributed by atoms with E-state index < -0.39 is 10.1 Å². The fraction of sp³-hybridized carbons (Fsp3) is 0.273. The lowest BCUT2D eigenvalue weighted by molar-refractivity contribution is 0.0695. The summed E-state index contributed by atoms with van der Waals surface area (Å²) in [7, 11) is -3.87. The second-order valence-electron chi connectivity index (χ2n) is 7.37. The van der Waals surface area contributed by atoms with E-state index in [1.54, 1.807) is 29.3 Å². The molecule has 6 nitrogen and oxygen atoms in total. The molecule has 4 rings (SSSR count). The van der Waals surface area contributed by atoms with E-state index in [2.05, 4.69) is 20.9 Å². The predicted molar refractivity (Wildman–Crippen MR) is 118 cm³/mol. The third-order valence-corrected chi connectivity index (χ3v) is 7.09. The first-order valence-corrected chi connectivity index (χ1v) is 11.9. The van der Waals surface area contributed by atoms with Crippen molar-refractivity contribution in [2.75, 3.05) is 13.2 Å². The van der Waals surface area contributed by atoms with Gasteiger partial charge in [0.15, 0.2) is 0 Å². The summed E-state index contributed by atoms with van der Waals surface area (Å²) in [6.07, 6.45) is 3.12. The highest BCUT2D eigenvalue weighted by atomic mass is 79.9. The van der Waals surface area contributed by atoms with E-state index >= 15 is 0 Å². The molecule has 3 aromatic rings. The number of likely N-dealkylation sites (tertiary alicyclic amines) is 1. The van der Waals surface area contributed by atoms with Gasteiger partial charge in [0.1, 0.15) is 0 Å². The van der Waals surface area contributed by atoms with E-state index in [0.29, 0.717) is 18.5 Å². The van der Waals surface area contributed by atoms with Gasteiger partial charge in [-0.15, -0.1) is 0 Å². The van der Waals surface area contributed by atoms with Crippen molar-refractivity contribution in [2.24, 2.45) is 0 Å².